The number of nitrogens with zero attached hydrogens (tertiary/aromatic N) is 6. The Labute approximate surface area is 147 Å². The van der Waals surface area contributed by atoms with Crippen LogP contribution in [0.2, 0.25) is 0 Å². The molecule has 136 valence electrons. The number of hydrogen-bond donors (Lipinski definition) is 1. The summed E-state index contributed by atoms with van der Waals surface area (Å²) in [4.78, 5) is 7.00. The fourth-order valence-electron chi connectivity index (χ4n) is 4.15. The standard InChI is InChI=1S/C17H26N6O2/c1-22-15(11-24)19-20-16(22)13-7-4-8-23(9-13)10-14-18-17(25-21-14)12-5-2-3-6-12/h12-13,24H,2-11H2,1H3/t13-/m0/s1. The molecule has 1 aliphatic heterocycles. The summed E-state index contributed by atoms with van der Waals surface area (Å²) in [6.45, 7) is 2.59. The summed E-state index contributed by atoms with van der Waals surface area (Å²) < 4.78 is 7.41. The van der Waals surface area contributed by atoms with Gasteiger partial charge in [-0.2, -0.15) is 4.98 Å². The molecule has 0 amide bonds. The van der Waals surface area contributed by atoms with Gasteiger partial charge in [-0.3, -0.25) is 4.90 Å². The van der Waals surface area contributed by atoms with E-state index in [-0.39, 0.29) is 6.61 Å². The second-order valence-corrected chi connectivity index (χ2v) is 7.30. The Morgan fingerprint density at radius 1 is 1.12 bits per heavy atom. The summed E-state index contributed by atoms with van der Waals surface area (Å²) in [5, 5.41) is 21.9. The molecule has 0 bridgehead atoms. The number of aliphatic hydroxyl groups is 1. The van der Waals surface area contributed by atoms with E-state index in [0.717, 1.165) is 50.0 Å². The predicted molar refractivity (Wildman–Crippen MR) is 89.7 cm³/mol. The van der Waals surface area contributed by atoms with Crippen LogP contribution in [0.4, 0.5) is 0 Å². The van der Waals surface area contributed by atoms with Crippen molar-refractivity contribution in [3.8, 4) is 0 Å². The van der Waals surface area contributed by atoms with Crippen LogP contribution in [0.3, 0.4) is 0 Å². The van der Waals surface area contributed by atoms with Gasteiger partial charge in [-0.15, -0.1) is 10.2 Å². The van der Waals surface area contributed by atoms with E-state index in [2.05, 4.69) is 25.2 Å². The molecule has 25 heavy (non-hydrogen) atoms. The van der Waals surface area contributed by atoms with Crippen molar-refractivity contribution >= 4 is 0 Å². The van der Waals surface area contributed by atoms with Crippen LogP contribution in [-0.2, 0) is 20.2 Å². The van der Waals surface area contributed by atoms with Crippen molar-refractivity contribution < 1.29 is 9.63 Å². The van der Waals surface area contributed by atoms with E-state index in [0.29, 0.717) is 17.7 Å². The van der Waals surface area contributed by atoms with E-state index in [9.17, 15) is 5.11 Å². The zero-order valence-electron chi connectivity index (χ0n) is 14.8. The van der Waals surface area contributed by atoms with Gasteiger partial charge in [0.25, 0.3) is 0 Å². The number of hydrogen-bond acceptors (Lipinski definition) is 7. The molecule has 1 saturated carbocycles. The Balaban J connectivity index is 1.40. The maximum atomic E-state index is 9.31. The minimum Gasteiger partial charge on any atom is -0.388 e. The molecule has 1 saturated heterocycles. The maximum absolute atomic E-state index is 9.31. The molecule has 8 heteroatoms. The van der Waals surface area contributed by atoms with E-state index in [1.165, 1.54) is 25.7 Å². The minimum atomic E-state index is -0.0766. The van der Waals surface area contributed by atoms with Gasteiger partial charge in [-0.25, -0.2) is 0 Å². The van der Waals surface area contributed by atoms with Crippen molar-refractivity contribution in [1.82, 2.24) is 29.8 Å². The lowest BCUT2D eigenvalue weighted by Gasteiger charge is -2.31. The van der Waals surface area contributed by atoms with Gasteiger partial charge < -0.3 is 14.2 Å². The van der Waals surface area contributed by atoms with Crippen molar-refractivity contribution in [2.24, 2.45) is 7.05 Å². The number of piperidine rings is 1. The van der Waals surface area contributed by atoms with E-state index < -0.39 is 0 Å². The fraction of sp³-hybridized carbons (Fsp3) is 0.765. The van der Waals surface area contributed by atoms with Crippen LogP contribution in [0, 0.1) is 0 Å². The molecule has 2 fully saturated rings. The minimum absolute atomic E-state index is 0.0766. The number of aliphatic hydroxyl groups excluding tert-OH is 1. The zero-order chi connectivity index (χ0) is 17.2. The van der Waals surface area contributed by atoms with Gasteiger partial charge in [0.2, 0.25) is 5.89 Å². The maximum Gasteiger partial charge on any atom is 0.229 e. The molecule has 1 aliphatic carbocycles. The normalized spacial score (nSPS) is 22.7. The first-order valence-corrected chi connectivity index (χ1v) is 9.28. The van der Waals surface area contributed by atoms with Crippen LogP contribution in [-0.4, -0.2) is 48.0 Å². The molecular formula is C17H26N6O2. The molecule has 0 aromatic carbocycles. The first-order valence-electron chi connectivity index (χ1n) is 9.28. The van der Waals surface area contributed by atoms with E-state index >= 15 is 0 Å². The second kappa shape index (κ2) is 7.21. The third kappa shape index (κ3) is 3.46. The Hall–Kier alpha value is -1.80. The van der Waals surface area contributed by atoms with E-state index in [4.69, 9.17) is 4.52 Å². The van der Waals surface area contributed by atoms with Gasteiger partial charge in [0.1, 0.15) is 12.4 Å². The Bertz CT molecular complexity index is 706. The SMILES string of the molecule is Cn1c(CO)nnc1[C@H]1CCCN(Cc2noc(C3CCCC3)n2)C1. The van der Waals surface area contributed by atoms with Gasteiger partial charge >= 0.3 is 0 Å². The summed E-state index contributed by atoms with van der Waals surface area (Å²) in [5.41, 5.74) is 0. The molecule has 2 aliphatic rings. The van der Waals surface area contributed by atoms with E-state index in [1.807, 2.05) is 11.6 Å². The van der Waals surface area contributed by atoms with Crippen molar-refractivity contribution in [3.05, 3.63) is 23.4 Å². The first-order chi connectivity index (χ1) is 12.2. The van der Waals surface area contributed by atoms with Crippen LogP contribution < -0.4 is 0 Å². The van der Waals surface area contributed by atoms with Crippen molar-refractivity contribution in [3.63, 3.8) is 0 Å². The summed E-state index contributed by atoms with van der Waals surface area (Å²) >= 11 is 0. The lowest BCUT2D eigenvalue weighted by molar-refractivity contribution is 0.188. The quantitative estimate of drug-likeness (QED) is 0.881. The molecule has 0 unspecified atom stereocenters. The lowest BCUT2D eigenvalue weighted by Crippen LogP contribution is -2.35. The summed E-state index contributed by atoms with van der Waals surface area (Å²) in [6, 6.07) is 0. The van der Waals surface area contributed by atoms with Crippen molar-refractivity contribution in [1.29, 1.82) is 0 Å². The highest BCUT2D eigenvalue weighted by atomic mass is 16.5. The van der Waals surface area contributed by atoms with Gasteiger partial charge in [-0.1, -0.05) is 18.0 Å². The molecule has 1 atom stereocenters. The average Bonchev–Trinajstić information content (AvgIpc) is 3.35. The number of rotatable bonds is 5. The van der Waals surface area contributed by atoms with Crippen LogP contribution in [0.1, 0.15) is 73.7 Å². The molecule has 0 radical (unpaired) electrons. The monoisotopic (exact) mass is 346 g/mol. The molecule has 8 nitrogen and oxygen atoms in total. The lowest BCUT2D eigenvalue weighted by atomic mass is 9.97. The molecule has 4 rings (SSSR count). The number of likely N-dealkylation sites (tertiary alicyclic amines) is 1. The van der Waals surface area contributed by atoms with Crippen LogP contribution >= 0.6 is 0 Å². The molecule has 2 aromatic heterocycles. The average molecular weight is 346 g/mol. The van der Waals surface area contributed by atoms with E-state index in [1.54, 1.807) is 0 Å². The Morgan fingerprint density at radius 3 is 2.68 bits per heavy atom. The fourth-order valence-corrected chi connectivity index (χ4v) is 4.15. The summed E-state index contributed by atoms with van der Waals surface area (Å²) in [6.07, 6.45) is 7.08. The molecule has 0 spiro atoms. The predicted octanol–water partition coefficient (Wildman–Crippen LogP) is 1.73. The summed E-state index contributed by atoms with van der Waals surface area (Å²) in [7, 11) is 1.92. The zero-order valence-corrected chi connectivity index (χ0v) is 14.8. The van der Waals surface area contributed by atoms with Gasteiger partial charge in [0, 0.05) is 25.4 Å². The van der Waals surface area contributed by atoms with Crippen LogP contribution in [0.15, 0.2) is 4.52 Å². The van der Waals surface area contributed by atoms with Gasteiger partial charge in [-0.05, 0) is 32.2 Å². The summed E-state index contributed by atoms with van der Waals surface area (Å²) in [5.74, 6) is 3.97. The molecule has 1 N–H and O–H groups in total. The smallest absolute Gasteiger partial charge is 0.229 e. The highest BCUT2D eigenvalue weighted by Crippen LogP contribution is 2.33. The molecule has 3 heterocycles. The van der Waals surface area contributed by atoms with Gasteiger partial charge in [0.05, 0.1) is 6.54 Å². The molecular weight excluding hydrogens is 320 g/mol. The van der Waals surface area contributed by atoms with Crippen LogP contribution in [0.25, 0.3) is 0 Å². The largest absolute Gasteiger partial charge is 0.388 e. The van der Waals surface area contributed by atoms with Crippen molar-refractivity contribution in [2.45, 2.75) is 63.5 Å². The highest BCUT2D eigenvalue weighted by Gasteiger charge is 2.28. The van der Waals surface area contributed by atoms with Gasteiger partial charge in [0.15, 0.2) is 11.6 Å². The topological polar surface area (TPSA) is 93.1 Å². The third-order valence-corrected chi connectivity index (χ3v) is 5.56. The highest BCUT2D eigenvalue weighted by molar-refractivity contribution is 5.04. The first kappa shape index (κ1) is 16.7. The third-order valence-electron chi connectivity index (χ3n) is 5.56. The molecule has 2 aromatic rings. The van der Waals surface area contributed by atoms with Crippen molar-refractivity contribution in [2.75, 3.05) is 13.1 Å². The Kier molecular flexibility index (Phi) is 4.80. The number of aromatic nitrogens is 5. The van der Waals surface area contributed by atoms with Crippen LogP contribution in [0.5, 0.6) is 0 Å². The second-order valence-electron chi connectivity index (χ2n) is 7.30. The Morgan fingerprint density at radius 2 is 1.92 bits per heavy atom.